The lowest BCUT2D eigenvalue weighted by atomic mass is 10.2. The molecule has 0 unspecified atom stereocenters. The Balaban J connectivity index is 0.000000171. The van der Waals surface area contributed by atoms with E-state index in [0.717, 1.165) is 0 Å². The maximum Gasteiger partial charge on any atom is 0.335 e. The quantitative estimate of drug-likeness (QED) is 0.519. The molecule has 88 valence electrons. The molecule has 4 nitrogen and oxygen atoms in total. The Kier molecular flexibility index (Phi) is 4.57. The molecule has 0 heterocycles. The molecule has 17 heavy (non-hydrogen) atoms. The summed E-state index contributed by atoms with van der Waals surface area (Å²) in [6, 6.07) is 14.7. The number of aromatic carboxylic acids is 1. The van der Waals surface area contributed by atoms with Crippen molar-refractivity contribution in [2.24, 2.45) is 0 Å². The van der Waals surface area contributed by atoms with Crippen LogP contribution in [0.2, 0.25) is 0 Å². The number of phenolic OH excluding ortho intramolecular Hbond substituents is 1. The van der Waals surface area contributed by atoms with Crippen LogP contribution in [0.1, 0.15) is 10.4 Å². The van der Waals surface area contributed by atoms with Crippen molar-refractivity contribution in [3.63, 3.8) is 0 Å². The maximum absolute atomic E-state index is 10.2. The molecule has 0 aromatic heterocycles. The van der Waals surface area contributed by atoms with Crippen molar-refractivity contribution in [1.29, 1.82) is 0 Å². The summed E-state index contributed by atoms with van der Waals surface area (Å²) in [7, 11) is 0. The summed E-state index contributed by atoms with van der Waals surface area (Å²) in [4.78, 5) is 10.2. The fourth-order valence-electron chi connectivity index (χ4n) is 1.06. The summed E-state index contributed by atoms with van der Waals surface area (Å²) in [5, 5.41) is 17.1. The minimum atomic E-state index is -0.879. The van der Waals surface area contributed by atoms with E-state index in [1.54, 1.807) is 54.6 Å². The van der Waals surface area contributed by atoms with Gasteiger partial charge in [-0.15, -0.1) is 0 Å². The molecule has 0 saturated carbocycles. The number of carbonyl (C=O) groups is 1. The summed E-state index contributed by atoms with van der Waals surface area (Å²) >= 11 is 0. The zero-order valence-corrected chi connectivity index (χ0v) is 9.08. The number of carboxylic acids is 1. The van der Waals surface area contributed by atoms with Gasteiger partial charge in [-0.1, -0.05) is 18.2 Å². The van der Waals surface area contributed by atoms with Gasteiger partial charge in [0.2, 0.25) is 0 Å². The van der Waals surface area contributed by atoms with Gasteiger partial charge < -0.3 is 15.9 Å². The predicted molar refractivity (Wildman–Crippen MR) is 65.9 cm³/mol. The summed E-state index contributed by atoms with van der Waals surface area (Å²) in [5.41, 5.74) is 6.32. The van der Waals surface area contributed by atoms with E-state index in [9.17, 15) is 4.79 Å². The Morgan fingerprint density at radius 1 is 0.941 bits per heavy atom. The first-order chi connectivity index (χ1) is 8.09. The van der Waals surface area contributed by atoms with Crippen molar-refractivity contribution in [2.45, 2.75) is 0 Å². The largest absolute Gasteiger partial charge is 0.508 e. The first-order valence-corrected chi connectivity index (χ1v) is 4.92. The molecule has 0 aliphatic rings. The van der Waals surface area contributed by atoms with Crippen molar-refractivity contribution in [1.82, 2.24) is 0 Å². The molecular formula is C13H13NO3. The zero-order chi connectivity index (χ0) is 12.7. The molecule has 2 aromatic rings. The molecule has 0 saturated heterocycles. The first kappa shape index (κ1) is 12.6. The van der Waals surface area contributed by atoms with Crippen LogP contribution in [0.25, 0.3) is 0 Å². The minimum absolute atomic E-state index is 0.249. The summed E-state index contributed by atoms with van der Waals surface area (Å²) in [5.74, 6) is -0.630. The van der Waals surface area contributed by atoms with Gasteiger partial charge in [0.25, 0.3) is 0 Å². The third kappa shape index (κ3) is 4.70. The topological polar surface area (TPSA) is 83.5 Å². The molecule has 0 fully saturated rings. The summed E-state index contributed by atoms with van der Waals surface area (Å²) in [6.45, 7) is 0. The molecule has 0 amide bonds. The van der Waals surface area contributed by atoms with Crippen LogP contribution in [-0.4, -0.2) is 16.2 Å². The van der Waals surface area contributed by atoms with E-state index in [2.05, 4.69) is 0 Å². The van der Waals surface area contributed by atoms with Crippen LogP contribution >= 0.6 is 0 Å². The third-order valence-corrected chi connectivity index (χ3v) is 1.91. The number of hydrogen-bond acceptors (Lipinski definition) is 3. The molecule has 0 atom stereocenters. The van der Waals surface area contributed by atoms with Gasteiger partial charge in [0.05, 0.1) is 5.56 Å². The second kappa shape index (κ2) is 6.17. The van der Waals surface area contributed by atoms with Crippen molar-refractivity contribution >= 4 is 11.7 Å². The van der Waals surface area contributed by atoms with Crippen LogP contribution in [0.15, 0.2) is 54.6 Å². The lowest BCUT2D eigenvalue weighted by Crippen LogP contribution is -1.93. The number of phenols is 1. The van der Waals surface area contributed by atoms with Gasteiger partial charge >= 0.3 is 5.97 Å². The lowest BCUT2D eigenvalue weighted by Gasteiger charge is -1.89. The highest BCUT2D eigenvalue weighted by molar-refractivity contribution is 5.87. The Morgan fingerprint density at radius 3 is 1.82 bits per heavy atom. The monoisotopic (exact) mass is 231 g/mol. The van der Waals surface area contributed by atoms with Crippen molar-refractivity contribution in [3.05, 3.63) is 60.2 Å². The third-order valence-electron chi connectivity index (χ3n) is 1.91. The zero-order valence-electron chi connectivity index (χ0n) is 9.08. The van der Waals surface area contributed by atoms with E-state index in [0.29, 0.717) is 11.3 Å². The Morgan fingerprint density at radius 2 is 1.47 bits per heavy atom. The van der Waals surface area contributed by atoms with Crippen LogP contribution in [0.4, 0.5) is 5.69 Å². The molecule has 0 aliphatic carbocycles. The van der Waals surface area contributed by atoms with Gasteiger partial charge in [-0.05, 0) is 36.4 Å². The molecule has 2 rings (SSSR count). The summed E-state index contributed by atoms with van der Waals surface area (Å²) in [6.07, 6.45) is 0. The highest BCUT2D eigenvalue weighted by Gasteiger charge is 1.96. The average molecular weight is 231 g/mol. The van der Waals surface area contributed by atoms with Crippen LogP contribution < -0.4 is 5.73 Å². The molecule has 0 bridgehead atoms. The molecular weight excluding hydrogens is 218 g/mol. The fraction of sp³-hybridized carbons (Fsp3) is 0. The van der Waals surface area contributed by atoms with Gasteiger partial charge in [0.1, 0.15) is 5.75 Å². The maximum atomic E-state index is 10.2. The number of nitrogens with two attached hydrogens (primary N) is 1. The van der Waals surface area contributed by atoms with Crippen LogP contribution in [0.5, 0.6) is 5.75 Å². The number of carboxylic acid groups (broad SMARTS) is 1. The number of rotatable bonds is 1. The van der Waals surface area contributed by atoms with E-state index < -0.39 is 5.97 Å². The number of hydrogen-bond donors (Lipinski definition) is 3. The summed E-state index contributed by atoms with van der Waals surface area (Å²) < 4.78 is 0. The number of aromatic hydroxyl groups is 1. The normalized spacial score (nSPS) is 8.94. The minimum Gasteiger partial charge on any atom is -0.508 e. The van der Waals surface area contributed by atoms with Crippen LogP contribution in [-0.2, 0) is 0 Å². The van der Waals surface area contributed by atoms with Crippen LogP contribution in [0.3, 0.4) is 0 Å². The van der Waals surface area contributed by atoms with Gasteiger partial charge in [-0.25, -0.2) is 4.79 Å². The second-order valence-corrected chi connectivity index (χ2v) is 3.26. The van der Waals surface area contributed by atoms with E-state index in [1.165, 1.54) is 0 Å². The molecule has 0 aliphatic heterocycles. The molecule has 2 aromatic carbocycles. The number of anilines is 1. The Hall–Kier alpha value is -2.49. The Bertz CT molecular complexity index is 445. The van der Waals surface area contributed by atoms with E-state index >= 15 is 0 Å². The Labute approximate surface area is 98.9 Å². The fourth-order valence-corrected chi connectivity index (χ4v) is 1.06. The molecule has 4 heteroatoms. The molecule has 0 radical (unpaired) electrons. The van der Waals surface area contributed by atoms with E-state index in [4.69, 9.17) is 15.9 Å². The number of benzene rings is 2. The number of nitrogen functional groups attached to an aromatic ring is 1. The van der Waals surface area contributed by atoms with Crippen molar-refractivity contribution in [3.8, 4) is 5.75 Å². The van der Waals surface area contributed by atoms with Crippen molar-refractivity contribution in [2.75, 3.05) is 5.73 Å². The van der Waals surface area contributed by atoms with Gasteiger partial charge in [0, 0.05) is 5.69 Å². The van der Waals surface area contributed by atoms with Gasteiger partial charge in [-0.2, -0.15) is 0 Å². The standard InChI is InChI=1S/C7H6O2.C6H7NO/c8-7(9)6-4-2-1-3-5-6;7-5-1-3-6(8)4-2-5/h1-5H,(H,8,9);1-4,8H,7H2. The lowest BCUT2D eigenvalue weighted by molar-refractivity contribution is 0.0697. The van der Waals surface area contributed by atoms with Gasteiger partial charge in [0.15, 0.2) is 0 Å². The SMILES string of the molecule is Nc1ccc(O)cc1.O=C(O)c1ccccc1. The molecule has 4 N–H and O–H groups in total. The molecule has 0 spiro atoms. The van der Waals surface area contributed by atoms with E-state index in [1.807, 2.05) is 0 Å². The average Bonchev–Trinajstić information content (AvgIpc) is 2.35. The first-order valence-electron chi connectivity index (χ1n) is 4.92. The van der Waals surface area contributed by atoms with Crippen molar-refractivity contribution < 1.29 is 15.0 Å². The predicted octanol–water partition coefficient (Wildman–Crippen LogP) is 2.36. The second-order valence-electron chi connectivity index (χ2n) is 3.26. The van der Waals surface area contributed by atoms with Gasteiger partial charge in [-0.3, -0.25) is 0 Å². The highest BCUT2D eigenvalue weighted by atomic mass is 16.4. The van der Waals surface area contributed by atoms with Crippen LogP contribution in [0, 0.1) is 0 Å². The highest BCUT2D eigenvalue weighted by Crippen LogP contribution is 2.09. The van der Waals surface area contributed by atoms with E-state index in [-0.39, 0.29) is 5.75 Å². The smallest absolute Gasteiger partial charge is 0.335 e.